The maximum atomic E-state index is 12.5. The number of methoxy groups -OCH3 is 2. The number of carboxylic acid groups (broad SMARTS) is 1. The summed E-state index contributed by atoms with van der Waals surface area (Å²) in [6, 6.07) is 12.6. The maximum Gasteiger partial charge on any atom is 0.305 e. The van der Waals surface area contributed by atoms with Gasteiger partial charge in [-0.05, 0) is 36.1 Å². The molecule has 0 aliphatic carbocycles. The Kier molecular flexibility index (Phi) is 7.87. The molecule has 28 heavy (non-hydrogen) atoms. The van der Waals surface area contributed by atoms with Gasteiger partial charge in [0.25, 0.3) is 0 Å². The Hall–Kier alpha value is -3.02. The van der Waals surface area contributed by atoms with Gasteiger partial charge in [0.05, 0.1) is 26.7 Å². The Labute approximate surface area is 165 Å². The Balaban J connectivity index is 2.08. The number of carbonyl (C=O) groups excluding carboxylic acids is 1. The number of rotatable bonds is 10. The van der Waals surface area contributed by atoms with E-state index in [-0.39, 0.29) is 18.7 Å². The maximum absolute atomic E-state index is 12.5. The number of benzene rings is 2. The summed E-state index contributed by atoms with van der Waals surface area (Å²) < 4.78 is 10.5. The summed E-state index contributed by atoms with van der Waals surface area (Å²) >= 11 is 0. The zero-order chi connectivity index (χ0) is 20.5. The van der Waals surface area contributed by atoms with E-state index in [9.17, 15) is 14.7 Å². The number of aryl methyl sites for hydroxylation is 2. The molecule has 6 nitrogen and oxygen atoms in total. The highest BCUT2D eigenvalue weighted by Crippen LogP contribution is 2.31. The molecule has 0 saturated heterocycles. The van der Waals surface area contributed by atoms with Crippen molar-refractivity contribution in [1.82, 2.24) is 5.32 Å². The first-order valence-electron chi connectivity index (χ1n) is 9.27. The summed E-state index contributed by atoms with van der Waals surface area (Å²) in [4.78, 5) is 23.8. The van der Waals surface area contributed by atoms with E-state index in [0.29, 0.717) is 23.5 Å². The largest absolute Gasteiger partial charge is 0.497 e. The van der Waals surface area contributed by atoms with Crippen molar-refractivity contribution in [1.29, 1.82) is 0 Å². The average molecular weight is 385 g/mol. The van der Waals surface area contributed by atoms with Gasteiger partial charge in [-0.2, -0.15) is 0 Å². The van der Waals surface area contributed by atoms with Crippen molar-refractivity contribution in [2.45, 2.75) is 38.6 Å². The molecule has 150 valence electrons. The lowest BCUT2D eigenvalue weighted by atomic mass is 10.0. The second-order valence-electron chi connectivity index (χ2n) is 6.50. The first kappa shape index (κ1) is 21.3. The number of nitrogens with one attached hydrogen (secondary N) is 1. The monoisotopic (exact) mass is 385 g/mol. The van der Waals surface area contributed by atoms with Gasteiger partial charge in [-0.25, -0.2) is 0 Å². The summed E-state index contributed by atoms with van der Waals surface area (Å²) in [5.74, 6) is -0.139. The van der Waals surface area contributed by atoms with E-state index in [0.717, 1.165) is 12.0 Å². The summed E-state index contributed by atoms with van der Waals surface area (Å²) in [5, 5.41) is 12.1. The highest BCUT2D eigenvalue weighted by atomic mass is 16.5. The lowest BCUT2D eigenvalue weighted by Crippen LogP contribution is -2.30. The highest BCUT2D eigenvalue weighted by Gasteiger charge is 2.22. The van der Waals surface area contributed by atoms with Crippen molar-refractivity contribution in [3.8, 4) is 11.5 Å². The van der Waals surface area contributed by atoms with Crippen molar-refractivity contribution >= 4 is 11.9 Å². The molecule has 2 aromatic rings. The molecule has 2 N–H and O–H groups in total. The van der Waals surface area contributed by atoms with Gasteiger partial charge in [0.2, 0.25) is 5.91 Å². The number of amides is 1. The molecule has 0 heterocycles. The predicted octanol–water partition coefficient (Wildman–Crippen LogP) is 3.53. The Morgan fingerprint density at radius 2 is 1.71 bits per heavy atom. The number of hydrogen-bond acceptors (Lipinski definition) is 4. The van der Waals surface area contributed by atoms with E-state index in [4.69, 9.17) is 9.47 Å². The average Bonchev–Trinajstić information content (AvgIpc) is 2.71. The molecular formula is C22H27NO5. The van der Waals surface area contributed by atoms with Crippen molar-refractivity contribution in [3.63, 3.8) is 0 Å². The third-order valence-corrected chi connectivity index (χ3v) is 4.60. The molecule has 1 atom stereocenters. The zero-order valence-electron chi connectivity index (χ0n) is 16.5. The lowest BCUT2D eigenvalue weighted by Gasteiger charge is -2.20. The van der Waals surface area contributed by atoms with Crippen LogP contribution in [0.25, 0.3) is 0 Å². The Morgan fingerprint density at radius 3 is 2.29 bits per heavy atom. The zero-order valence-corrected chi connectivity index (χ0v) is 16.5. The van der Waals surface area contributed by atoms with Gasteiger partial charge in [0.1, 0.15) is 11.5 Å². The van der Waals surface area contributed by atoms with Gasteiger partial charge >= 0.3 is 5.97 Å². The molecule has 0 radical (unpaired) electrons. The second kappa shape index (κ2) is 10.3. The summed E-state index contributed by atoms with van der Waals surface area (Å²) in [6.45, 7) is 2.10. The van der Waals surface area contributed by atoms with Crippen molar-refractivity contribution in [3.05, 3.63) is 59.2 Å². The minimum Gasteiger partial charge on any atom is -0.497 e. The standard InChI is InChI=1S/C22H27NO5/c1-4-15-5-7-16(8-6-15)9-12-21(24)23-19(14-22(25)26)18-11-10-17(27-2)13-20(18)28-3/h5-8,10-11,13,19H,4,9,12,14H2,1-3H3,(H,23,24)(H,25,26). The number of hydrogen-bond donors (Lipinski definition) is 2. The van der Waals surface area contributed by atoms with E-state index in [1.807, 2.05) is 12.1 Å². The lowest BCUT2D eigenvalue weighted by molar-refractivity contribution is -0.137. The fraction of sp³-hybridized carbons (Fsp3) is 0.364. The minimum atomic E-state index is -1.00. The van der Waals surface area contributed by atoms with Crippen molar-refractivity contribution < 1.29 is 24.2 Å². The Bertz CT molecular complexity index is 801. The normalized spacial score (nSPS) is 11.5. The molecule has 0 aliphatic rings. The summed E-state index contributed by atoms with van der Waals surface area (Å²) in [5.41, 5.74) is 2.93. The van der Waals surface area contributed by atoms with Gasteiger partial charge in [0, 0.05) is 18.1 Å². The van der Waals surface area contributed by atoms with Gasteiger partial charge in [0.15, 0.2) is 0 Å². The molecule has 2 rings (SSSR count). The van der Waals surface area contributed by atoms with Crippen LogP contribution in [-0.4, -0.2) is 31.2 Å². The Morgan fingerprint density at radius 1 is 1.04 bits per heavy atom. The van der Waals surface area contributed by atoms with E-state index in [2.05, 4.69) is 24.4 Å². The predicted molar refractivity (Wildman–Crippen MR) is 107 cm³/mol. The third kappa shape index (κ3) is 6.01. The quantitative estimate of drug-likeness (QED) is 0.654. The van der Waals surface area contributed by atoms with Crippen LogP contribution in [0.5, 0.6) is 11.5 Å². The van der Waals surface area contributed by atoms with Crippen LogP contribution in [0.15, 0.2) is 42.5 Å². The number of ether oxygens (including phenoxy) is 2. The van der Waals surface area contributed by atoms with Crippen LogP contribution in [0.2, 0.25) is 0 Å². The van der Waals surface area contributed by atoms with Crippen LogP contribution in [0.1, 0.15) is 42.5 Å². The van der Waals surface area contributed by atoms with Gasteiger partial charge < -0.3 is 19.9 Å². The van der Waals surface area contributed by atoms with Crippen LogP contribution in [0, 0.1) is 0 Å². The fourth-order valence-corrected chi connectivity index (χ4v) is 2.99. The number of carbonyl (C=O) groups is 2. The first-order chi connectivity index (χ1) is 13.5. The molecule has 0 aromatic heterocycles. The number of aliphatic carboxylic acids is 1. The van der Waals surface area contributed by atoms with Gasteiger partial charge in [-0.15, -0.1) is 0 Å². The SMILES string of the molecule is CCc1ccc(CCC(=O)NC(CC(=O)O)c2ccc(OC)cc2OC)cc1. The molecule has 6 heteroatoms. The summed E-state index contributed by atoms with van der Waals surface area (Å²) in [6.07, 6.45) is 1.61. The molecule has 0 saturated carbocycles. The van der Waals surface area contributed by atoms with Crippen molar-refractivity contribution in [2.24, 2.45) is 0 Å². The topological polar surface area (TPSA) is 84.9 Å². The van der Waals surface area contributed by atoms with E-state index >= 15 is 0 Å². The third-order valence-electron chi connectivity index (χ3n) is 4.60. The molecule has 0 bridgehead atoms. The van der Waals surface area contributed by atoms with Crippen molar-refractivity contribution in [2.75, 3.05) is 14.2 Å². The minimum absolute atomic E-state index is 0.205. The van der Waals surface area contributed by atoms with E-state index in [1.165, 1.54) is 19.8 Å². The second-order valence-corrected chi connectivity index (χ2v) is 6.50. The molecule has 0 fully saturated rings. The van der Waals surface area contributed by atoms with Crippen LogP contribution in [0.3, 0.4) is 0 Å². The molecule has 1 unspecified atom stereocenters. The number of carboxylic acids is 1. The van der Waals surface area contributed by atoms with Crippen LogP contribution >= 0.6 is 0 Å². The van der Waals surface area contributed by atoms with Crippen LogP contribution in [0.4, 0.5) is 0 Å². The van der Waals surface area contributed by atoms with E-state index in [1.54, 1.807) is 18.2 Å². The smallest absolute Gasteiger partial charge is 0.305 e. The van der Waals surface area contributed by atoms with Crippen LogP contribution < -0.4 is 14.8 Å². The fourth-order valence-electron chi connectivity index (χ4n) is 2.99. The van der Waals surface area contributed by atoms with E-state index < -0.39 is 12.0 Å². The molecule has 1 amide bonds. The van der Waals surface area contributed by atoms with Gasteiger partial charge in [-0.1, -0.05) is 31.2 Å². The molecule has 0 aliphatic heterocycles. The molecule has 2 aromatic carbocycles. The summed E-state index contributed by atoms with van der Waals surface area (Å²) in [7, 11) is 3.04. The molecule has 0 spiro atoms. The van der Waals surface area contributed by atoms with Gasteiger partial charge in [-0.3, -0.25) is 9.59 Å². The first-order valence-corrected chi connectivity index (χ1v) is 9.27. The highest BCUT2D eigenvalue weighted by molar-refractivity contribution is 5.78. The molecular weight excluding hydrogens is 358 g/mol. The van der Waals surface area contributed by atoms with Crippen LogP contribution in [-0.2, 0) is 22.4 Å².